The Kier molecular flexibility index (Phi) is 5.97. The fourth-order valence-corrected chi connectivity index (χ4v) is 2.58. The van der Waals surface area contributed by atoms with Gasteiger partial charge in [-0.2, -0.15) is 0 Å². The first-order valence-electron chi connectivity index (χ1n) is 7.70. The number of urea groups is 1. The van der Waals surface area contributed by atoms with Crippen molar-refractivity contribution in [3.05, 3.63) is 0 Å². The monoisotopic (exact) mass is 372 g/mol. The van der Waals surface area contributed by atoms with Gasteiger partial charge in [-0.25, -0.2) is 9.79 Å². The maximum absolute atomic E-state index is 12.2. The van der Waals surface area contributed by atoms with E-state index >= 15 is 0 Å². The van der Waals surface area contributed by atoms with Gasteiger partial charge in [-0.1, -0.05) is 0 Å². The number of rotatable bonds is 5. The number of nitrogens with two attached hydrogens (primary N) is 1. The predicted octanol–water partition coefficient (Wildman–Crippen LogP) is -1.56. The second-order valence-electron chi connectivity index (χ2n) is 5.60. The summed E-state index contributed by atoms with van der Waals surface area (Å²) in [6.07, 6.45) is -4.30. The molecule has 4 unspecified atom stereocenters. The molecule has 4 atom stereocenters. The Morgan fingerprint density at radius 3 is 2.35 bits per heavy atom. The zero-order valence-corrected chi connectivity index (χ0v) is 14.5. The van der Waals surface area contributed by atoms with Crippen molar-refractivity contribution in [3.63, 3.8) is 0 Å². The number of ether oxygens (including phenoxy) is 4. The second-order valence-corrected chi connectivity index (χ2v) is 5.60. The van der Waals surface area contributed by atoms with Gasteiger partial charge < -0.3 is 24.7 Å². The van der Waals surface area contributed by atoms with Crippen molar-refractivity contribution in [3.8, 4) is 0 Å². The van der Waals surface area contributed by atoms with Crippen LogP contribution in [-0.4, -0.2) is 72.6 Å². The number of guanidine groups is 1. The lowest BCUT2D eigenvalue weighted by Gasteiger charge is -2.32. The largest absolute Gasteiger partial charge is 0.463 e. The van der Waals surface area contributed by atoms with Crippen LogP contribution >= 0.6 is 0 Å². The zero-order valence-electron chi connectivity index (χ0n) is 14.5. The van der Waals surface area contributed by atoms with Crippen LogP contribution < -0.4 is 11.1 Å². The van der Waals surface area contributed by atoms with Crippen LogP contribution in [0.5, 0.6) is 0 Å². The fourth-order valence-electron chi connectivity index (χ4n) is 2.58. The number of hydrogen-bond acceptors (Lipinski definition) is 10. The minimum absolute atomic E-state index is 0.0683. The van der Waals surface area contributed by atoms with Crippen molar-refractivity contribution in [1.29, 1.82) is 0 Å². The van der Waals surface area contributed by atoms with Crippen molar-refractivity contribution in [1.82, 2.24) is 10.2 Å². The van der Waals surface area contributed by atoms with Gasteiger partial charge in [-0.3, -0.25) is 24.6 Å². The van der Waals surface area contributed by atoms with Crippen molar-refractivity contribution >= 4 is 29.9 Å². The molecule has 0 aliphatic carbocycles. The molecule has 2 heterocycles. The number of nitrogens with one attached hydrogen (secondary N) is 1. The molecule has 1 fully saturated rings. The highest BCUT2D eigenvalue weighted by Gasteiger charge is 2.53. The Hall–Kier alpha value is -2.89. The van der Waals surface area contributed by atoms with E-state index in [-0.39, 0.29) is 19.2 Å². The summed E-state index contributed by atoms with van der Waals surface area (Å²) >= 11 is 0. The Balaban J connectivity index is 2.28. The van der Waals surface area contributed by atoms with Gasteiger partial charge in [0.25, 0.3) is 0 Å². The molecule has 0 saturated carbocycles. The van der Waals surface area contributed by atoms with Gasteiger partial charge in [0.1, 0.15) is 19.4 Å². The van der Waals surface area contributed by atoms with Crippen LogP contribution in [0.25, 0.3) is 0 Å². The van der Waals surface area contributed by atoms with Gasteiger partial charge in [-0.05, 0) is 0 Å². The van der Waals surface area contributed by atoms with Gasteiger partial charge in [0.2, 0.25) is 0 Å². The SMILES string of the molecule is CC(=O)OCC1OC(N2CN=C(N)NC2=O)C(OC(C)=O)C1OC(C)=O. The molecule has 0 aromatic carbocycles. The zero-order chi connectivity index (χ0) is 19.4. The van der Waals surface area contributed by atoms with Crippen LogP contribution in [0.3, 0.4) is 0 Å². The molecular formula is C14H20N4O8. The molecular weight excluding hydrogens is 352 g/mol. The smallest absolute Gasteiger partial charge is 0.327 e. The molecule has 0 aromatic heterocycles. The van der Waals surface area contributed by atoms with Crippen LogP contribution in [-0.2, 0) is 33.3 Å². The normalized spacial score (nSPS) is 28.0. The van der Waals surface area contributed by atoms with Gasteiger partial charge >= 0.3 is 23.9 Å². The lowest BCUT2D eigenvalue weighted by atomic mass is 10.1. The van der Waals surface area contributed by atoms with Crippen LogP contribution in [0.15, 0.2) is 4.99 Å². The Morgan fingerprint density at radius 1 is 1.19 bits per heavy atom. The summed E-state index contributed by atoms with van der Waals surface area (Å²) in [5.41, 5.74) is 5.44. The van der Waals surface area contributed by atoms with Gasteiger partial charge in [-0.15, -0.1) is 0 Å². The van der Waals surface area contributed by atoms with Gasteiger partial charge in [0.05, 0.1) is 0 Å². The third-order valence-electron chi connectivity index (χ3n) is 3.54. The summed E-state index contributed by atoms with van der Waals surface area (Å²) in [6.45, 7) is 3.11. The first-order chi connectivity index (χ1) is 12.2. The summed E-state index contributed by atoms with van der Waals surface area (Å²) < 4.78 is 21.0. The van der Waals surface area contributed by atoms with Crippen molar-refractivity contribution in [2.75, 3.05) is 13.3 Å². The van der Waals surface area contributed by atoms with E-state index < -0.39 is 48.5 Å². The third-order valence-corrected chi connectivity index (χ3v) is 3.54. The minimum atomic E-state index is -1.14. The topological polar surface area (TPSA) is 159 Å². The number of nitrogens with zero attached hydrogens (tertiary/aromatic N) is 2. The first kappa shape index (κ1) is 19.4. The van der Waals surface area contributed by atoms with E-state index in [9.17, 15) is 19.2 Å². The predicted molar refractivity (Wildman–Crippen MR) is 83.3 cm³/mol. The van der Waals surface area contributed by atoms with Crippen molar-refractivity contribution < 1.29 is 38.1 Å². The molecule has 144 valence electrons. The average Bonchev–Trinajstić information content (AvgIpc) is 2.82. The average molecular weight is 372 g/mol. The molecule has 0 aromatic rings. The highest BCUT2D eigenvalue weighted by molar-refractivity contribution is 5.97. The van der Waals surface area contributed by atoms with E-state index in [1.165, 1.54) is 13.8 Å². The first-order valence-corrected chi connectivity index (χ1v) is 7.70. The maximum atomic E-state index is 12.2. The molecule has 12 nitrogen and oxygen atoms in total. The van der Waals surface area contributed by atoms with E-state index in [1.807, 2.05) is 0 Å². The standard InChI is InChI=1S/C14H20N4O8/c1-6(19)23-4-9-10(24-7(2)20)11(25-8(3)21)12(26-9)18-5-16-13(15)17-14(18)22/h9-12H,4-5H2,1-3H3,(H3,15,16,17,22). The quantitative estimate of drug-likeness (QED) is 0.429. The van der Waals surface area contributed by atoms with Crippen LogP contribution in [0, 0.1) is 0 Å². The van der Waals surface area contributed by atoms with E-state index in [4.69, 9.17) is 24.7 Å². The van der Waals surface area contributed by atoms with E-state index in [1.54, 1.807) is 0 Å². The van der Waals surface area contributed by atoms with E-state index in [0.29, 0.717) is 0 Å². The fraction of sp³-hybridized carbons (Fsp3) is 0.643. The number of amides is 2. The third kappa shape index (κ3) is 4.59. The Bertz CT molecular complexity index is 636. The van der Waals surface area contributed by atoms with Gasteiger partial charge in [0, 0.05) is 20.8 Å². The highest BCUT2D eigenvalue weighted by atomic mass is 16.7. The molecule has 0 spiro atoms. The molecule has 2 rings (SSSR count). The molecule has 1 saturated heterocycles. The second kappa shape index (κ2) is 7.99. The Morgan fingerprint density at radius 2 is 1.81 bits per heavy atom. The summed E-state index contributed by atoms with van der Waals surface area (Å²) in [4.78, 5) is 51.2. The molecule has 2 amide bonds. The summed E-state index contributed by atoms with van der Waals surface area (Å²) in [6, 6.07) is -0.630. The molecule has 3 N–H and O–H groups in total. The lowest BCUT2D eigenvalue weighted by molar-refractivity contribution is -0.167. The van der Waals surface area contributed by atoms with E-state index in [0.717, 1.165) is 11.8 Å². The number of aliphatic imine (C=N–C) groups is 1. The van der Waals surface area contributed by atoms with Crippen LogP contribution in [0.2, 0.25) is 0 Å². The molecule has 12 heteroatoms. The number of carbonyl (C=O) groups is 4. The van der Waals surface area contributed by atoms with Crippen LogP contribution in [0.4, 0.5) is 4.79 Å². The summed E-state index contributed by atoms with van der Waals surface area (Å²) in [5.74, 6) is -1.97. The van der Waals surface area contributed by atoms with Crippen molar-refractivity contribution in [2.45, 2.75) is 45.3 Å². The van der Waals surface area contributed by atoms with Crippen molar-refractivity contribution in [2.24, 2.45) is 10.7 Å². The molecule has 26 heavy (non-hydrogen) atoms. The Labute approximate surface area is 148 Å². The lowest BCUT2D eigenvalue weighted by Crippen LogP contribution is -2.57. The number of carbonyl (C=O) groups excluding carboxylic acids is 4. The summed E-state index contributed by atoms with van der Waals surface area (Å²) in [5, 5.41) is 2.30. The minimum Gasteiger partial charge on any atom is -0.463 e. The molecule has 2 aliphatic rings. The number of hydrogen-bond donors (Lipinski definition) is 2. The number of esters is 3. The molecule has 0 bridgehead atoms. The van der Waals surface area contributed by atoms with E-state index in [2.05, 4.69) is 10.3 Å². The highest BCUT2D eigenvalue weighted by Crippen LogP contribution is 2.30. The molecule has 0 radical (unpaired) electrons. The van der Waals surface area contributed by atoms with Gasteiger partial charge in [0.15, 0.2) is 24.4 Å². The summed E-state index contributed by atoms with van der Waals surface area (Å²) in [7, 11) is 0. The molecule has 2 aliphatic heterocycles. The maximum Gasteiger partial charge on any atom is 0.327 e. The van der Waals surface area contributed by atoms with Crippen LogP contribution in [0.1, 0.15) is 20.8 Å².